The highest BCUT2D eigenvalue weighted by atomic mass is 32.1. The van der Waals surface area contributed by atoms with Gasteiger partial charge in [-0.3, -0.25) is 0 Å². The number of thiocarbonyl (C=S) groups is 1. The molecule has 1 aromatic rings. The molecule has 0 amide bonds. The SMILES string of the molecule is C[C@H]1CCCC[C@@H]1NC(=S)Nc1cccc(F)c1. The predicted molar refractivity (Wildman–Crippen MR) is 77.2 cm³/mol. The van der Waals surface area contributed by atoms with Crippen LogP contribution >= 0.6 is 12.2 Å². The Morgan fingerprint density at radius 3 is 2.83 bits per heavy atom. The number of rotatable bonds is 2. The molecule has 1 fully saturated rings. The number of hydrogen-bond acceptors (Lipinski definition) is 1. The number of benzene rings is 1. The third kappa shape index (κ3) is 3.67. The summed E-state index contributed by atoms with van der Waals surface area (Å²) in [6, 6.07) is 6.78. The molecule has 4 heteroatoms. The zero-order chi connectivity index (χ0) is 13.0. The Balaban J connectivity index is 1.88. The molecule has 0 unspecified atom stereocenters. The molecule has 1 aliphatic carbocycles. The summed E-state index contributed by atoms with van der Waals surface area (Å²) >= 11 is 5.27. The van der Waals surface area contributed by atoms with Crippen molar-refractivity contribution in [3.05, 3.63) is 30.1 Å². The van der Waals surface area contributed by atoms with Gasteiger partial charge in [-0.2, -0.15) is 0 Å². The zero-order valence-electron chi connectivity index (χ0n) is 10.6. The number of halogens is 1. The minimum atomic E-state index is -0.256. The van der Waals surface area contributed by atoms with Crippen LogP contribution in [0.5, 0.6) is 0 Å². The Kier molecular flexibility index (Phi) is 4.53. The van der Waals surface area contributed by atoms with E-state index in [1.54, 1.807) is 12.1 Å². The summed E-state index contributed by atoms with van der Waals surface area (Å²) < 4.78 is 13.0. The van der Waals surface area contributed by atoms with Crippen molar-refractivity contribution < 1.29 is 4.39 Å². The maximum Gasteiger partial charge on any atom is 0.171 e. The summed E-state index contributed by atoms with van der Waals surface area (Å²) in [6.07, 6.45) is 4.97. The fraction of sp³-hybridized carbons (Fsp3) is 0.500. The molecule has 0 aliphatic heterocycles. The lowest BCUT2D eigenvalue weighted by molar-refractivity contribution is 0.309. The lowest BCUT2D eigenvalue weighted by Crippen LogP contribution is -2.43. The summed E-state index contributed by atoms with van der Waals surface area (Å²) in [5, 5.41) is 6.95. The second kappa shape index (κ2) is 6.14. The van der Waals surface area contributed by atoms with Gasteiger partial charge < -0.3 is 10.6 Å². The van der Waals surface area contributed by atoms with Gasteiger partial charge in [0.15, 0.2) is 5.11 Å². The maximum atomic E-state index is 13.0. The lowest BCUT2D eigenvalue weighted by Gasteiger charge is -2.30. The van der Waals surface area contributed by atoms with E-state index in [4.69, 9.17) is 12.2 Å². The van der Waals surface area contributed by atoms with Crippen molar-refractivity contribution in [3.63, 3.8) is 0 Å². The molecular formula is C14H19FN2S. The summed E-state index contributed by atoms with van der Waals surface area (Å²) in [5.41, 5.74) is 0.691. The first-order valence-corrected chi connectivity index (χ1v) is 6.89. The first-order chi connectivity index (χ1) is 8.65. The van der Waals surface area contributed by atoms with Crippen LogP contribution < -0.4 is 10.6 Å². The summed E-state index contributed by atoms with van der Waals surface area (Å²) in [5.74, 6) is 0.389. The quantitative estimate of drug-likeness (QED) is 0.798. The van der Waals surface area contributed by atoms with Crippen molar-refractivity contribution in [1.82, 2.24) is 5.32 Å². The molecule has 0 aromatic heterocycles. The number of anilines is 1. The summed E-state index contributed by atoms with van der Waals surface area (Å²) in [4.78, 5) is 0. The Labute approximate surface area is 113 Å². The highest BCUT2D eigenvalue weighted by molar-refractivity contribution is 7.80. The van der Waals surface area contributed by atoms with Crippen LogP contribution in [0.2, 0.25) is 0 Å². The molecule has 18 heavy (non-hydrogen) atoms. The van der Waals surface area contributed by atoms with Crippen molar-refractivity contribution in [3.8, 4) is 0 Å². The van der Waals surface area contributed by atoms with Gasteiger partial charge in [0.2, 0.25) is 0 Å². The van der Waals surface area contributed by atoms with E-state index in [1.807, 2.05) is 0 Å². The topological polar surface area (TPSA) is 24.1 Å². The minimum Gasteiger partial charge on any atom is -0.359 e. The Morgan fingerprint density at radius 2 is 2.11 bits per heavy atom. The average molecular weight is 266 g/mol. The number of nitrogens with one attached hydrogen (secondary N) is 2. The molecule has 0 spiro atoms. The standard InChI is InChI=1S/C14H19FN2S/c1-10-5-2-3-8-13(10)17-14(18)16-12-7-4-6-11(15)9-12/h4,6-7,9-10,13H,2-3,5,8H2,1H3,(H2,16,17,18)/t10-,13-/m0/s1. The Hall–Kier alpha value is -1.16. The molecule has 1 saturated carbocycles. The van der Waals surface area contributed by atoms with Gasteiger partial charge in [0.1, 0.15) is 5.82 Å². The van der Waals surface area contributed by atoms with Gasteiger partial charge in [-0.15, -0.1) is 0 Å². The molecule has 1 aromatic carbocycles. The van der Waals surface area contributed by atoms with Gasteiger partial charge >= 0.3 is 0 Å². The van der Waals surface area contributed by atoms with E-state index in [2.05, 4.69) is 17.6 Å². The van der Waals surface area contributed by atoms with Crippen LogP contribution in [0.25, 0.3) is 0 Å². The van der Waals surface area contributed by atoms with E-state index < -0.39 is 0 Å². The van der Waals surface area contributed by atoms with E-state index in [0.717, 1.165) is 6.42 Å². The minimum absolute atomic E-state index is 0.256. The van der Waals surface area contributed by atoms with Crippen LogP contribution in [0.1, 0.15) is 32.6 Å². The molecular weight excluding hydrogens is 247 g/mol. The first kappa shape index (κ1) is 13.3. The summed E-state index contributed by atoms with van der Waals surface area (Å²) in [6.45, 7) is 2.25. The lowest BCUT2D eigenvalue weighted by atomic mass is 9.86. The van der Waals surface area contributed by atoms with Crippen LogP contribution in [0.15, 0.2) is 24.3 Å². The van der Waals surface area contributed by atoms with Crippen LogP contribution in [-0.2, 0) is 0 Å². The van der Waals surface area contributed by atoms with Crippen LogP contribution in [0, 0.1) is 11.7 Å². The average Bonchev–Trinajstić information content (AvgIpc) is 2.32. The van der Waals surface area contributed by atoms with Crippen molar-refractivity contribution in [2.75, 3.05) is 5.32 Å². The smallest absolute Gasteiger partial charge is 0.171 e. The third-order valence-corrected chi connectivity index (χ3v) is 3.73. The van der Waals surface area contributed by atoms with Crippen LogP contribution in [-0.4, -0.2) is 11.2 Å². The monoisotopic (exact) mass is 266 g/mol. The van der Waals surface area contributed by atoms with E-state index in [0.29, 0.717) is 22.8 Å². The fourth-order valence-corrected chi connectivity index (χ4v) is 2.70. The molecule has 2 atom stereocenters. The van der Waals surface area contributed by atoms with Gasteiger partial charge in [-0.1, -0.05) is 25.8 Å². The maximum absolute atomic E-state index is 13.0. The second-order valence-electron chi connectivity index (χ2n) is 4.98. The molecule has 0 bridgehead atoms. The van der Waals surface area contributed by atoms with Crippen molar-refractivity contribution in [1.29, 1.82) is 0 Å². The van der Waals surface area contributed by atoms with Gasteiger partial charge in [0.25, 0.3) is 0 Å². The number of hydrogen-bond donors (Lipinski definition) is 2. The van der Waals surface area contributed by atoms with Crippen molar-refractivity contribution in [2.24, 2.45) is 5.92 Å². The highest BCUT2D eigenvalue weighted by Crippen LogP contribution is 2.23. The largest absolute Gasteiger partial charge is 0.359 e. The zero-order valence-corrected chi connectivity index (χ0v) is 11.4. The van der Waals surface area contributed by atoms with Crippen LogP contribution in [0.3, 0.4) is 0 Å². The van der Waals surface area contributed by atoms with E-state index in [9.17, 15) is 4.39 Å². The Morgan fingerprint density at radius 1 is 1.33 bits per heavy atom. The molecule has 1 aliphatic rings. The third-order valence-electron chi connectivity index (χ3n) is 3.51. The van der Waals surface area contributed by atoms with E-state index in [-0.39, 0.29) is 5.82 Å². The van der Waals surface area contributed by atoms with Crippen molar-refractivity contribution >= 4 is 23.0 Å². The molecule has 0 radical (unpaired) electrons. The molecule has 0 heterocycles. The highest BCUT2D eigenvalue weighted by Gasteiger charge is 2.21. The molecule has 2 N–H and O–H groups in total. The van der Waals surface area contributed by atoms with E-state index in [1.165, 1.54) is 31.4 Å². The fourth-order valence-electron chi connectivity index (χ4n) is 2.43. The summed E-state index contributed by atoms with van der Waals surface area (Å²) in [7, 11) is 0. The van der Waals surface area contributed by atoms with E-state index >= 15 is 0 Å². The molecule has 0 saturated heterocycles. The first-order valence-electron chi connectivity index (χ1n) is 6.48. The Bertz CT molecular complexity index is 422. The van der Waals surface area contributed by atoms with Gasteiger partial charge in [-0.25, -0.2) is 4.39 Å². The normalized spacial score (nSPS) is 23.4. The predicted octanol–water partition coefficient (Wildman–Crippen LogP) is 3.69. The van der Waals surface area contributed by atoms with Gasteiger partial charge in [0, 0.05) is 11.7 Å². The second-order valence-corrected chi connectivity index (χ2v) is 5.39. The van der Waals surface area contributed by atoms with Crippen molar-refractivity contribution in [2.45, 2.75) is 38.6 Å². The van der Waals surface area contributed by atoms with Crippen LogP contribution in [0.4, 0.5) is 10.1 Å². The molecule has 98 valence electrons. The molecule has 2 nitrogen and oxygen atoms in total. The van der Waals surface area contributed by atoms with Gasteiger partial charge in [-0.05, 0) is 49.2 Å². The van der Waals surface area contributed by atoms with Gasteiger partial charge in [0.05, 0.1) is 0 Å². The molecule has 2 rings (SSSR count).